The summed E-state index contributed by atoms with van der Waals surface area (Å²) in [6.07, 6.45) is 1.71. The average molecular weight is 261 g/mol. The number of hydrogen-bond donors (Lipinski definition) is 1. The van der Waals surface area contributed by atoms with Gasteiger partial charge in [0.2, 0.25) is 0 Å². The van der Waals surface area contributed by atoms with Crippen molar-refractivity contribution in [1.29, 1.82) is 0 Å². The number of fused-ring (bicyclic) bond motifs is 1. The maximum Gasteiger partial charge on any atom is 0.337 e. The number of carbonyl (C=O) groups is 1. The van der Waals surface area contributed by atoms with Crippen molar-refractivity contribution in [3.05, 3.63) is 30.0 Å². The van der Waals surface area contributed by atoms with Crippen molar-refractivity contribution in [3.8, 4) is 5.75 Å². The molecule has 0 aliphatic heterocycles. The van der Waals surface area contributed by atoms with Gasteiger partial charge in [0.05, 0.1) is 12.7 Å². The summed E-state index contributed by atoms with van der Waals surface area (Å²) in [5, 5.41) is 10.0. The fourth-order valence-corrected chi connectivity index (χ4v) is 2.22. The lowest BCUT2D eigenvalue weighted by atomic mass is 9.97. The fourth-order valence-electron chi connectivity index (χ4n) is 2.22. The number of aromatic carboxylic acids is 1. The topological polar surface area (TPSA) is 51.5 Å². The highest BCUT2D eigenvalue weighted by Gasteiger charge is 2.18. The number of nitrogens with zero attached hydrogens (tertiary/aromatic N) is 1. The maximum atomic E-state index is 11.3. The van der Waals surface area contributed by atoms with Gasteiger partial charge in [-0.05, 0) is 23.6 Å². The van der Waals surface area contributed by atoms with Crippen molar-refractivity contribution in [1.82, 2.24) is 4.57 Å². The van der Waals surface area contributed by atoms with Gasteiger partial charge in [-0.15, -0.1) is 0 Å². The zero-order valence-electron chi connectivity index (χ0n) is 11.7. The first kappa shape index (κ1) is 13.5. The zero-order chi connectivity index (χ0) is 14.2. The van der Waals surface area contributed by atoms with Crippen LogP contribution >= 0.6 is 0 Å². The summed E-state index contributed by atoms with van der Waals surface area (Å²) in [6, 6.07) is 5.54. The van der Waals surface area contributed by atoms with E-state index in [1.165, 1.54) is 0 Å². The third-order valence-corrected chi connectivity index (χ3v) is 2.96. The first-order valence-electron chi connectivity index (χ1n) is 6.22. The molecular weight excluding hydrogens is 242 g/mol. The predicted octanol–water partition coefficient (Wildman–Crippen LogP) is 3.39. The Kier molecular flexibility index (Phi) is 3.27. The van der Waals surface area contributed by atoms with Gasteiger partial charge in [0.25, 0.3) is 0 Å². The minimum absolute atomic E-state index is 0.0850. The van der Waals surface area contributed by atoms with Gasteiger partial charge in [0, 0.05) is 23.6 Å². The van der Waals surface area contributed by atoms with Gasteiger partial charge in [-0.3, -0.25) is 0 Å². The Hall–Kier alpha value is -1.97. The number of aromatic nitrogens is 1. The van der Waals surface area contributed by atoms with E-state index in [-0.39, 0.29) is 5.41 Å². The standard InChI is InChI=1S/C15H19NO3/c1-15(2,3)9-16-8-12(14(17)18)11-7-10(19-4)5-6-13(11)16/h5-8H,9H2,1-4H3,(H,17,18). The van der Waals surface area contributed by atoms with Gasteiger partial charge in [-0.1, -0.05) is 20.8 Å². The van der Waals surface area contributed by atoms with Crippen LogP contribution in [0.5, 0.6) is 5.75 Å². The highest BCUT2D eigenvalue weighted by Crippen LogP contribution is 2.28. The summed E-state index contributed by atoms with van der Waals surface area (Å²) in [7, 11) is 1.58. The quantitative estimate of drug-likeness (QED) is 0.921. The van der Waals surface area contributed by atoms with Crippen LogP contribution < -0.4 is 4.74 Å². The highest BCUT2D eigenvalue weighted by molar-refractivity contribution is 6.03. The summed E-state index contributed by atoms with van der Waals surface area (Å²) in [4.78, 5) is 11.3. The molecule has 4 heteroatoms. The summed E-state index contributed by atoms with van der Waals surface area (Å²) in [6.45, 7) is 7.15. The first-order valence-corrected chi connectivity index (χ1v) is 6.22. The molecule has 0 aliphatic rings. The third kappa shape index (κ3) is 2.72. The third-order valence-electron chi connectivity index (χ3n) is 2.96. The molecule has 1 aromatic carbocycles. The van der Waals surface area contributed by atoms with E-state index in [1.54, 1.807) is 19.4 Å². The van der Waals surface area contributed by atoms with E-state index in [9.17, 15) is 9.90 Å². The van der Waals surface area contributed by atoms with Crippen molar-refractivity contribution in [3.63, 3.8) is 0 Å². The molecule has 0 bridgehead atoms. The molecular formula is C15H19NO3. The van der Waals surface area contributed by atoms with E-state index < -0.39 is 5.97 Å². The SMILES string of the molecule is COc1ccc2c(c1)c(C(=O)O)cn2CC(C)(C)C. The van der Waals surface area contributed by atoms with Gasteiger partial charge in [-0.25, -0.2) is 4.79 Å². The number of hydrogen-bond acceptors (Lipinski definition) is 2. The van der Waals surface area contributed by atoms with E-state index in [2.05, 4.69) is 20.8 Å². The van der Waals surface area contributed by atoms with Crippen LogP contribution in [-0.2, 0) is 6.54 Å². The van der Waals surface area contributed by atoms with Gasteiger partial charge in [0.1, 0.15) is 5.75 Å². The van der Waals surface area contributed by atoms with Crippen LogP contribution in [0.2, 0.25) is 0 Å². The predicted molar refractivity (Wildman–Crippen MR) is 74.9 cm³/mol. The summed E-state index contributed by atoms with van der Waals surface area (Å²) in [5.41, 5.74) is 1.33. The Labute approximate surface area is 112 Å². The molecule has 0 spiro atoms. The Bertz CT molecular complexity index is 620. The number of methoxy groups -OCH3 is 1. The molecule has 1 aromatic heterocycles. The number of carboxylic acid groups (broad SMARTS) is 1. The molecule has 102 valence electrons. The van der Waals surface area contributed by atoms with Crippen molar-refractivity contribution in [2.45, 2.75) is 27.3 Å². The average Bonchev–Trinajstić information content (AvgIpc) is 2.65. The van der Waals surface area contributed by atoms with E-state index in [0.717, 1.165) is 17.4 Å². The van der Waals surface area contributed by atoms with Gasteiger partial charge in [0.15, 0.2) is 0 Å². The van der Waals surface area contributed by atoms with Crippen molar-refractivity contribution >= 4 is 16.9 Å². The van der Waals surface area contributed by atoms with E-state index in [4.69, 9.17) is 4.74 Å². The lowest BCUT2D eigenvalue weighted by molar-refractivity contribution is 0.0698. The Morgan fingerprint density at radius 1 is 1.37 bits per heavy atom. The van der Waals surface area contributed by atoms with Crippen LogP contribution in [0.25, 0.3) is 10.9 Å². The Balaban J connectivity index is 2.63. The van der Waals surface area contributed by atoms with Crippen molar-refractivity contribution < 1.29 is 14.6 Å². The highest BCUT2D eigenvalue weighted by atomic mass is 16.5. The molecule has 0 atom stereocenters. The van der Waals surface area contributed by atoms with Crippen LogP contribution in [0.3, 0.4) is 0 Å². The van der Waals surface area contributed by atoms with Crippen molar-refractivity contribution in [2.24, 2.45) is 5.41 Å². The second-order valence-corrected chi connectivity index (χ2v) is 5.92. The molecule has 1 heterocycles. The Morgan fingerprint density at radius 2 is 2.05 bits per heavy atom. The van der Waals surface area contributed by atoms with Crippen LogP contribution in [0.1, 0.15) is 31.1 Å². The molecule has 0 radical (unpaired) electrons. The molecule has 0 fully saturated rings. The van der Waals surface area contributed by atoms with Crippen LogP contribution in [0.4, 0.5) is 0 Å². The molecule has 0 amide bonds. The van der Waals surface area contributed by atoms with Gasteiger partial charge in [-0.2, -0.15) is 0 Å². The minimum Gasteiger partial charge on any atom is -0.497 e. The van der Waals surface area contributed by atoms with Crippen LogP contribution in [0, 0.1) is 5.41 Å². The second-order valence-electron chi connectivity index (χ2n) is 5.92. The van der Waals surface area contributed by atoms with E-state index in [1.807, 2.05) is 16.7 Å². The molecule has 19 heavy (non-hydrogen) atoms. The molecule has 1 N–H and O–H groups in total. The lowest BCUT2D eigenvalue weighted by Crippen LogP contribution is -2.14. The molecule has 2 rings (SSSR count). The summed E-state index contributed by atoms with van der Waals surface area (Å²) >= 11 is 0. The normalized spacial score (nSPS) is 11.8. The molecule has 4 nitrogen and oxygen atoms in total. The van der Waals surface area contributed by atoms with Crippen molar-refractivity contribution in [2.75, 3.05) is 7.11 Å². The summed E-state index contributed by atoms with van der Waals surface area (Å²) < 4.78 is 7.16. The van der Waals surface area contributed by atoms with Crippen LogP contribution in [-0.4, -0.2) is 22.8 Å². The molecule has 0 aliphatic carbocycles. The number of benzene rings is 1. The lowest BCUT2D eigenvalue weighted by Gasteiger charge is -2.19. The zero-order valence-corrected chi connectivity index (χ0v) is 11.7. The number of rotatable bonds is 3. The van der Waals surface area contributed by atoms with E-state index in [0.29, 0.717) is 11.3 Å². The summed E-state index contributed by atoms with van der Waals surface area (Å²) in [5.74, 6) is -0.241. The van der Waals surface area contributed by atoms with E-state index >= 15 is 0 Å². The first-order chi connectivity index (χ1) is 8.81. The maximum absolute atomic E-state index is 11.3. The molecule has 0 unspecified atom stereocenters. The second kappa shape index (κ2) is 4.61. The monoisotopic (exact) mass is 261 g/mol. The largest absolute Gasteiger partial charge is 0.497 e. The van der Waals surface area contributed by atoms with Gasteiger partial charge >= 0.3 is 5.97 Å². The number of ether oxygens (including phenoxy) is 1. The number of carboxylic acids is 1. The van der Waals surface area contributed by atoms with Gasteiger partial charge < -0.3 is 14.4 Å². The minimum atomic E-state index is -0.911. The molecule has 0 saturated heterocycles. The Morgan fingerprint density at radius 3 is 2.58 bits per heavy atom. The molecule has 0 saturated carbocycles. The van der Waals surface area contributed by atoms with Crippen LogP contribution in [0.15, 0.2) is 24.4 Å². The smallest absolute Gasteiger partial charge is 0.337 e. The fraction of sp³-hybridized carbons (Fsp3) is 0.400. The molecule has 2 aromatic rings.